The van der Waals surface area contributed by atoms with Crippen molar-refractivity contribution in [1.29, 1.82) is 0 Å². The van der Waals surface area contributed by atoms with Gasteiger partial charge in [0.05, 0.1) is 6.10 Å². The van der Waals surface area contributed by atoms with Crippen LogP contribution in [0.4, 0.5) is 0 Å². The zero-order valence-corrected chi connectivity index (χ0v) is 14.9. The second kappa shape index (κ2) is 8.41. The Bertz CT molecular complexity index is 254. The Morgan fingerprint density at radius 1 is 1.00 bits per heavy atom. The minimum Gasteiger partial charge on any atom is -0.378 e. The molecule has 0 N–H and O–H groups in total. The third kappa shape index (κ3) is 3.59. The van der Waals surface area contributed by atoms with Crippen LogP contribution in [0.1, 0.15) is 86.5 Å². The first-order valence-corrected chi connectivity index (χ1v) is 9.13. The molecule has 20 heavy (non-hydrogen) atoms. The Balaban J connectivity index is 3.05. The quantitative estimate of drug-likeness (QED) is 0.525. The van der Waals surface area contributed by atoms with Crippen molar-refractivity contribution in [2.24, 2.45) is 23.2 Å². The molecule has 3 atom stereocenters. The lowest BCUT2D eigenvalue weighted by Gasteiger charge is -2.53. The molecule has 0 bridgehead atoms. The largest absolute Gasteiger partial charge is 0.378 e. The van der Waals surface area contributed by atoms with Gasteiger partial charge in [0, 0.05) is 12.0 Å². The van der Waals surface area contributed by atoms with Crippen molar-refractivity contribution in [1.82, 2.24) is 0 Å². The highest BCUT2D eigenvalue weighted by Gasteiger charge is 2.49. The molecular formula is C19H38O. The summed E-state index contributed by atoms with van der Waals surface area (Å²) in [5, 5.41) is 0. The Kier molecular flexibility index (Phi) is 7.58. The Labute approximate surface area is 127 Å². The van der Waals surface area contributed by atoms with Crippen molar-refractivity contribution in [2.75, 3.05) is 6.61 Å². The van der Waals surface area contributed by atoms with Crippen LogP contribution in [0, 0.1) is 23.2 Å². The molecule has 1 heteroatoms. The molecule has 0 aromatic rings. The zero-order chi connectivity index (χ0) is 15.2. The molecule has 120 valence electrons. The van der Waals surface area contributed by atoms with Gasteiger partial charge in [-0.25, -0.2) is 0 Å². The fraction of sp³-hybridized carbons (Fsp3) is 1.00. The van der Waals surface area contributed by atoms with Crippen LogP contribution in [0.2, 0.25) is 0 Å². The summed E-state index contributed by atoms with van der Waals surface area (Å²) in [5.74, 6) is 2.31. The summed E-state index contributed by atoms with van der Waals surface area (Å²) in [4.78, 5) is 0. The predicted molar refractivity (Wildman–Crippen MR) is 89.0 cm³/mol. The summed E-state index contributed by atoms with van der Waals surface area (Å²) in [6.07, 6.45) is 9.92. The van der Waals surface area contributed by atoms with E-state index in [1.165, 1.54) is 38.5 Å². The Morgan fingerprint density at radius 2 is 1.60 bits per heavy atom. The third-order valence-electron chi connectivity index (χ3n) is 6.05. The molecule has 1 aliphatic rings. The highest BCUT2D eigenvalue weighted by atomic mass is 16.5. The van der Waals surface area contributed by atoms with Gasteiger partial charge in [-0.05, 0) is 43.9 Å². The second-order valence-electron chi connectivity index (χ2n) is 7.31. The zero-order valence-electron chi connectivity index (χ0n) is 14.9. The van der Waals surface area contributed by atoms with Crippen LogP contribution < -0.4 is 0 Å². The van der Waals surface area contributed by atoms with Gasteiger partial charge >= 0.3 is 0 Å². The first kappa shape index (κ1) is 18.0. The molecular weight excluding hydrogens is 244 g/mol. The van der Waals surface area contributed by atoms with Gasteiger partial charge in [-0.15, -0.1) is 0 Å². The fourth-order valence-electron chi connectivity index (χ4n) is 5.04. The molecule has 1 saturated carbocycles. The lowest BCUT2D eigenvalue weighted by molar-refractivity contribution is -0.127. The van der Waals surface area contributed by atoms with E-state index in [1.54, 1.807) is 0 Å². The molecule has 1 fully saturated rings. The lowest BCUT2D eigenvalue weighted by atomic mass is 9.54. The van der Waals surface area contributed by atoms with Crippen molar-refractivity contribution in [3.05, 3.63) is 0 Å². The molecule has 1 aliphatic carbocycles. The summed E-state index contributed by atoms with van der Waals surface area (Å²) < 4.78 is 6.29. The number of rotatable bonds is 8. The molecule has 0 aromatic carbocycles. The number of ether oxygens (including phenoxy) is 1. The number of hydrogen-bond acceptors (Lipinski definition) is 1. The smallest absolute Gasteiger partial charge is 0.0610 e. The average Bonchev–Trinajstić information content (AvgIpc) is 2.46. The molecule has 3 unspecified atom stereocenters. The van der Waals surface area contributed by atoms with E-state index in [2.05, 4.69) is 41.5 Å². The van der Waals surface area contributed by atoms with Crippen LogP contribution in [-0.4, -0.2) is 12.7 Å². The second-order valence-corrected chi connectivity index (χ2v) is 7.31. The molecule has 1 nitrogen and oxygen atoms in total. The van der Waals surface area contributed by atoms with Gasteiger partial charge in [0.25, 0.3) is 0 Å². The van der Waals surface area contributed by atoms with Gasteiger partial charge in [0.1, 0.15) is 0 Å². The van der Waals surface area contributed by atoms with Crippen molar-refractivity contribution >= 4 is 0 Å². The van der Waals surface area contributed by atoms with Gasteiger partial charge in [-0.3, -0.25) is 0 Å². The van der Waals surface area contributed by atoms with E-state index in [4.69, 9.17) is 4.74 Å². The summed E-state index contributed by atoms with van der Waals surface area (Å²) in [6, 6.07) is 0. The summed E-state index contributed by atoms with van der Waals surface area (Å²) >= 11 is 0. The van der Waals surface area contributed by atoms with Crippen LogP contribution in [-0.2, 0) is 4.74 Å². The highest BCUT2D eigenvalue weighted by molar-refractivity contribution is 4.98. The van der Waals surface area contributed by atoms with E-state index in [9.17, 15) is 0 Å². The summed E-state index contributed by atoms with van der Waals surface area (Å²) in [7, 11) is 0. The number of hydrogen-bond donors (Lipinski definition) is 0. The van der Waals surface area contributed by atoms with Gasteiger partial charge in [-0.1, -0.05) is 60.3 Å². The van der Waals surface area contributed by atoms with Gasteiger partial charge < -0.3 is 4.74 Å². The van der Waals surface area contributed by atoms with E-state index >= 15 is 0 Å². The maximum absolute atomic E-state index is 6.29. The van der Waals surface area contributed by atoms with Crippen molar-refractivity contribution in [2.45, 2.75) is 92.6 Å². The standard InChI is InChI=1S/C19H38O/c1-7-14-20-17(6)19(15(3)4,16(5)8-2)18-12-10-9-11-13-18/h15-18H,7-14H2,1-6H3. The van der Waals surface area contributed by atoms with Crippen LogP contribution in [0.15, 0.2) is 0 Å². The SMILES string of the molecule is CCCOC(C)C(C(C)C)(C(C)CC)C1CCCCC1. The van der Waals surface area contributed by atoms with E-state index in [0.29, 0.717) is 17.4 Å². The Hall–Kier alpha value is -0.0400. The fourth-order valence-corrected chi connectivity index (χ4v) is 5.04. The molecule has 0 spiro atoms. The minimum absolute atomic E-state index is 0.365. The van der Waals surface area contributed by atoms with E-state index in [-0.39, 0.29) is 0 Å². The minimum atomic E-state index is 0.365. The maximum Gasteiger partial charge on any atom is 0.0610 e. The van der Waals surface area contributed by atoms with E-state index < -0.39 is 0 Å². The molecule has 0 amide bonds. The van der Waals surface area contributed by atoms with Crippen molar-refractivity contribution in [3.63, 3.8) is 0 Å². The molecule has 0 aromatic heterocycles. The predicted octanol–water partition coefficient (Wildman–Crippen LogP) is 6.07. The van der Waals surface area contributed by atoms with Crippen molar-refractivity contribution < 1.29 is 4.74 Å². The monoisotopic (exact) mass is 282 g/mol. The topological polar surface area (TPSA) is 9.23 Å². The van der Waals surface area contributed by atoms with Gasteiger partial charge in [0.2, 0.25) is 0 Å². The van der Waals surface area contributed by atoms with Crippen LogP contribution in [0.3, 0.4) is 0 Å². The van der Waals surface area contributed by atoms with E-state index in [1.807, 2.05) is 0 Å². The third-order valence-corrected chi connectivity index (χ3v) is 6.05. The van der Waals surface area contributed by atoms with Crippen LogP contribution in [0.5, 0.6) is 0 Å². The lowest BCUT2D eigenvalue weighted by Crippen LogP contribution is -2.51. The average molecular weight is 283 g/mol. The van der Waals surface area contributed by atoms with Gasteiger partial charge in [0.15, 0.2) is 0 Å². The normalized spacial score (nSPS) is 23.6. The van der Waals surface area contributed by atoms with Crippen LogP contribution >= 0.6 is 0 Å². The molecule has 0 aliphatic heterocycles. The van der Waals surface area contributed by atoms with E-state index in [0.717, 1.165) is 24.9 Å². The first-order valence-electron chi connectivity index (χ1n) is 9.13. The first-order chi connectivity index (χ1) is 9.51. The molecule has 0 saturated heterocycles. The molecule has 0 radical (unpaired) electrons. The molecule has 1 rings (SSSR count). The summed E-state index contributed by atoms with van der Waals surface area (Å²) in [6.45, 7) is 15.2. The highest BCUT2D eigenvalue weighted by Crippen LogP contribution is 2.53. The Morgan fingerprint density at radius 3 is 2.05 bits per heavy atom. The van der Waals surface area contributed by atoms with Crippen LogP contribution in [0.25, 0.3) is 0 Å². The van der Waals surface area contributed by atoms with Gasteiger partial charge in [-0.2, -0.15) is 0 Å². The molecule has 0 heterocycles. The maximum atomic E-state index is 6.29. The van der Waals surface area contributed by atoms with Crippen molar-refractivity contribution in [3.8, 4) is 0 Å². The summed E-state index contributed by atoms with van der Waals surface area (Å²) in [5.41, 5.74) is 0.365.